The van der Waals surface area contributed by atoms with Crippen molar-refractivity contribution in [2.45, 2.75) is 89.3 Å². The number of benzene rings is 1. The van der Waals surface area contributed by atoms with Crippen molar-refractivity contribution in [2.24, 2.45) is 17.8 Å². The fraction of sp³-hybridized carbons (Fsp3) is 0.739. The zero-order valence-electron chi connectivity index (χ0n) is 17.0. The Balaban J connectivity index is 1.49. The van der Waals surface area contributed by atoms with Crippen molar-refractivity contribution in [1.29, 1.82) is 0 Å². The molecular weight excluding hydrogens is 387 g/mol. The molecule has 6 heteroatoms. The standard InChI is InChI=1S/C23H31F5O/c1-2-3-16-4-6-17(7-5-16)18-8-10-19(11-9-18)20-12-14-21(15-13-20)29-23(27,28)22(24,25)26/h12-19H,2-11H2,1H3/t16-,17-,18?,19?. The Bertz CT molecular complexity index is 624. The Labute approximate surface area is 170 Å². The molecule has 0 heterocycles. The average Bonchev–Trinajstić information content (AvgIpc) is 2.68. The van der Waals surface area contributed by atoms with Crippen LogP contribution in [0.5, 0.6) is 5.75 Å². The lowest BCUT2D eigenvalue weighted by Gasteiger charge is -2.38. The first kappa shape index (κ1) is 22.4. The van der Waals surface area contributed by atoms with Crippen LogP contribution in [0.15, 0.2) is 24.3 Å². The molecule has 164 valence electrons. The van der Waals surface area contributed by atoms with Gasteiger partial charge in [0.25, 0.3) is 0 Å². The van der Waals surface area contributed by atoms with Crippen LogP contribution in [-0.4, -0.2) is 12.3 Å². The van der Waals surface area contributed by atoms with Crippen LogP contribution < -0.4 is 4.74 Å². The molecule has 1 nitrogen and oxygen atoms in total. The molecule has 0 spiro atoms. The largest absolute Gasteiger partial charge is 0.499 e. The Morgan fingerprint density at radius 3 is 1.79 bits per heavy atom. The van der Waals surface area contributed by atoms with Gasteiger partial charge in [-0.3, -0.25) is 0 Å². The number of halogens is 5. The summed E-state index contributed by atoms with van der Waals surface area (Å²) in [5.74, 6) is 2.41. The summed E-state index contributed by atoms with van der Waals surface area (Å²) in [7, 11) is 0. The second-order valence-corrected chi connectivity index (χ2v) is 8.87. The van der Waals surface area contributed by atoms with E-state index < -0.39 is 18.0 Å². The van der Waals surface area contributed by atoms with E-state index in [1.54, 1.807) is 12.1 Å². The van der Waals surface area contributed by atoms with Crippen LogP contribution in [0.4, 0.5) is 22.0 Å². The van der Waals surface area contributed by atoms with Crippen LogP contribution in [-0.2, 0) is 0 Å². The summed E-state index contributed by atoms with van der Waals surface area (Å²) < 4.78 is 66.7. The molecule has 3 rings (SSSR count). The third kappa shape index (κ3) is 5.64. The average molecular weight is 418 g/mol. The van der Waals surface area contributed by atoms with Gasteiger partial charge < -0.3 is 4.74 Å². The summed E-state index contributed by atoms with van der Waals surface area (Å²) in [6.07, 6.45) is 1.62. The van der Waals surface area contributed by atoms with Gasteiger partial charge in [-0.2, -0.15) is 22.0 Å². The van der Waals surface area contributed by atoms with Crippen molar-refractivity contribution in [3.63, 3.8) is 0 Å². The fourth-order valence-electron chi connectivity index (χ4n) is 5.29. The molecule has 0 atom stereocenters. The second kappa shape index (κ2) is 9.22. The fourth-order valence-corrected chi connectivity index (χ4v) is 5.29. The highest BCUT2D eigenvalue weighted by Gasteiger charge is 2.61. The molecule has 2 saturated carbocycles. The van der Waals surface area contributed by atoms with Crippen molar-refractivity contribution in [3.8, 4) is 5.75 Å². The minimum Gasteiger partial charge on any atom is -0.426 e. The van der Waals surface area contributed by atoms with E-state index in [-0.39, 0.29) is 0 Å². The first-order valence-electron chi connectivity index (χ1n) is 10.9. The third-order valence-corrected chi connectivity index (χ3v) is 6.95. The molecular formula is C23H31F5O. The van der Waals surface area contributed by atoms with Gasteiger partial charge in [-0.05, 0) is 79.9 Å². The van der Waals surface area contributed by atoms with Crippen LogP contribution in [0.2, 0.25) is 0 Å². The van der Waals surface area contributed by atoms with Gasteiger partial charge in [-0.25, -0.2) is 0 Å². The van der Waals surface area contributed by atoms with Crippen LogP contribution in [0, 0.1) is 17.8 Å². The molecule has 2 aliphatic rings. The van der Waals surface area contributed by atoms with Crippen molar-refractivity contribution < 1.29 is 26.7 Å². The first-order valence-corrected chi connectivity index (χ1v) is 10.9. The van der Waals surface area contributed by atoms with Gasteiger partial charge in [0.2, 0.25) is 0 Å². The number of alkyl halides is 5. The van der Waals surface area contributed by atoms with E-state index in [9.17, 15) is 22.0 Å². The molecule has 29 heavy (non-hydrogen) atoms. The molecule has 1 aromatic rings. The van der Waals surface area contributed by atoms with Crippen molar-refractivity contribution in [1.82, 2.24) is 0 Å². The van der Waals surface area contributed by atoms with Crippen LogP contribution in [0.1, 0.15) is 82.6 Å². The van der Waals surface area contributed by atoms with Gasteiger partial charge >= 0.3 is 12.3 Å². The normalized spacial score (nSPS) is 28.9. The zero-order chi connectivity index (χ0) is 21.1. The van der Waals surface area contributed by atoms with E-state index in [1.807, 2.05) is 0 Å². The van der Waals surface area contributed by atoms with Gasteiger partial charge in [-0.15, -0.1) is 0 Å². The lowest BCUT2D eigenvalue weighted by molar-refractivity contribution is -0.360. The molecule has 0 aromatic heterocycles. The van der Waals surface area contributed by atoms with E-state index in [0.717, 1.165) is 36.2 Å². The molecule has 2 aliphatic carbocycles. The maximum atomic E-state index is 13.0. The topological polar surface area (TPSA) is 9.23 Å². The highest BCUT2D eigenvalue weighted by Crippen LogP contribution is 2.45. The first-order chi connectivity index (χ1) is 13.7. The van der Waals surface area contributed by atoms with E-state index >= 15 is 0 Å². The van der Waals surface area contributed by atoms with Gasteiger partial charge in [0.1, 0.15) is 5.75 Å². The van der Waals surface area contributed by atoms with Crippen molar-refractivity contribution >= 4 is 0 Å². The Kier molecular flexibility index (Phi) is 7.10. The SMILES string of the molecule is CCC[C@H]1CC[C@H](C2CCC(c3ccc(OC(F)(F)C(F)(F)F)cc3)CC2)CC1. The van der Waals surface area contributed by atoms with Crippen LogP contribution in [0.25, 0.3) is 0 Å². The van der Waals surface area contributed by atoms with Crippen LogP contribution >= 0.6 is 0 Å². The summed E-state index contributed by atoms with van der Waals surface area (Å²) in [6, 6.07) is 5.69. The van der Waals surface area contributed by atoms with E-state index in [2.05, 4.69) is 11.7 Å². The van der Waals surface area contributed by atoms with E-state index in [1.165, 1.54) is 63.5 Å². The van der Waals surface area contributed by atoms with E-state index in [0.29, 0.717) is 5.92 Å². The minimum absolute atomic E-state index is 0.347. The van der Waals surface area contributed by atoms with Gasteiger partial charge in [0.15, 0.2) is 0 Å². The monoisotopic (exact) mass is 418 g/mol. The van der Waals surface area contributed by atoms with Crippen molar-refractivity contribution in [2.75, 3.05) is 0 Å². The molecule has 0 amide bonds. The summed E-state index contributed by atoms with van der Waals surface area (Å²) in [6.45, 7) is 2.26. The number of rotatable bonds is 6. The maximum absolute atomic E-state index is 13.0. The van der Waals surface area contributed by atoms with Gasteiger partial charge in [0, 0.05) is 0 Å². The lowest BCUT2D eigenvalue weighted by atomic mass is 9.68. The molecule has 0 N–H and O–H groups in total. The summed E-state index contributed by atoms with van der Waals surface area (Å²) in [5.41, 5.74) is 0.998. The number of ether oxygens (including phenoxy) is 1. The highest BCUT2D eigenvalue weighted by atomic mass is 19.4. The number of hydrogen-bond donors (Lipinski definition) is 0. The Morgan fingerprint density at radius 1 is 0.793 bits per heavy atom. The van der Waals surface area contributed by atoms with Crippen LogP contribution in [0.3, 0.4) is 0 Å². The minimum atomic E-state index is -5.72. The summed E-state index contributed by atoms with van der Waals surface area (Å²) in [5, 5.41) is 0. The zero-order valence-corrected chi connectivity index (χ0v) is 17.0. The molecule has 0 aliphatic heterocycles. The quantitative estimate of drug-likeness (QED) is 0.424. The predicted molar refractivity (Wildman–Crippen MR) is 103 cm³/mol. The molecule has 0 saturated heterocycles. The highest BCUT2D eigenvalue weighted by molar-refractivity contribution is 5.30. The second-order valence-electron chi connectivity index (χ2n) is 8.87. The van der Waals surface area contributed by atoms with Gasteiger partial charge in [0.05, 0.1) is 0 Å². The molecule has 0 radical (unpaired) electrons. The summed E-state index contributed by atoms with van der Waals surface area (Å²) >= 11 is 0. The summed E-state index contributed by atoms with van der Waals surface area (Å²) in [4.78, 5) is 0. The van der Waals surface area contributed by atoms with Crippen molar-refractivity contribution in [3.05, 3.63) is 29.8 Å². The molecule has 0 unspecified atom stereocenters. The molecule has 2 fully saturated rings. The van der Waals surface area contributed by atoms with E-state index in [4.69, 9.17) is 0 Å². The molecule has 0 bridgehead atoms. The van der Waals surface area contributed by atoms with Gasteiger partial charge in [-0.1, -0.05) is 44.7 Å². The maximum Gasteiger partial charge on any atom is 0.499 e. The lowest BCUT2D eigenvalue weighted by Crippen LogP contribution is -2.41. The Morgan fingerprint density at radius 2 is 1.31 bits per heavy atom. The predicted octanol–water partition coefficient (Wildman–Crippen LogP) is 8.10. The number of hydrogen-bond acceptors (Lipinski definition) is 1. The molecule has 1 aromatic carbocycles. The third-order valence-electron chi connectivity index (χ3n) is 6.95. The Hall–Kier alpha value is -1.33. The smallest absolute Gasteiger partial charge is 0.426 e.